The van der Waals surface area contributed by atoms with Crippen LogP contribution in [-0.4, -0.2) is 193 Å². The van der Waals surface area contributed by atoms with Crippen molar-refractivity contribution in [2.45, 2.75) is 336 Å². The number of carbonyl (C=O) groups excluding carboxylic acids is 1. The van der Waals surface area contributed by atoms with Crippen LogP contribution in [-0.2, 0) is 33.2 Å². The first-order valence-electron chi connectivity index (χ1n) is 35.3. The Balaban J connectivity index is 1.25. The number of hydrogen-bond acceptors (Lipinski definition) is 18. The lowest BCUT2D eigenvalue weighted by molar-refractivity contribution is -0.379. The smallest absolute Gasteiger partial charge is 0.220 e. The molecule has 3 heterocycles. The Bertz CT molecular complexity index is 1980. The van der Waals surface area contributed by atoms with Crippen LogP contribution < -0.4 is 5.32 Å². The van der Waals surface area contributed by atoms with Gasteiger partial charge in [0, 0.05) is 6.42 Å². The lowest BCUT2D eigenvalue weighted by Gasteiger charge is -2.48. The van der Waals surface area contributed by atoms with Gasteiger partial charge in [-0.1, -0.05) is 240 Å². The van der Waals surface area contributed by atoms with Gasteiger partial charge < -0.3 is 89.9 Å². The summed E-state index contributed by atoms with van der Waals surface area (Å²) in [5.74, 6) is -0.290. The second kappa shape index (κ2) is 53.2. The van der Waals surface area contributed by atoms with Gasteiger partial charge in [0.25, 0.3) is 0 Å². The normalized spacial score (nSPS) is 28.4. The summed E-state index contributed by atoms with van der Waals surface area (Å²) in [6.45, 7) is 1.46. The highest BCUT2D eigenvalue weighted by atomic mass is 16.8. The van der Waals surface area contributed by atoms with Crippen LogP contribution in [0.15, 0.2) is 85.1 Å². The van der Waals surface area contributed by atoms with E-state index in [1.807, 2.05) is 6.08 Å². The standard InChI is InChI=1S/C72H125NO18/c1-3-5-7-9-11-12-13-14-15-16-17-18-19-20-21-22-23-24-25-26-27-28-29-30-31-32-33-34-35-36-37-38-39-40-41-42-44-46-48-50-60(78)73-55(56(77)49-47-45-43-10-8-6-4-2)54-86-70-66(84)63(81)68(58(52-75)88-70)91-72-67(85)64(82)69(59(53-76)89-72)90-71-65(83)62(80)61(79)57(51-74)87-71/h5,7-8,10-12,14-15,17-18,20-21,47,49,55-59,61-72,74-77,79-85H,3-4,6,9,13,16,19,22-46,48,50-54H2,1-2H3,(H,73,78)/b7-5-,10-8+,12-11-,15-14-,18-17-,21-20-,49-47+. The van der Waals surface area contributed by atoms with Crippen molar-refractivity contribution in [2.75, 3.05) is 26.4 Å². The van der Waals surface area contributed by atoms with Gasteiger partial charge in [0.1, 0.15) is 73.2 Å². The minimum absolute atomic E-state index is 0.234. The maximum atomic E-state index is 13.3. The molecule has 0 saturated carbocycles. The van der Waals surface area contributed by atoms with Crippen molar-refractivity contribution in [3.8, 4) is 0 Å². The molecule has 0 aromatic rings. The van der Waals surface area contributed by atoms with Crippen molar-refractivity contribution in [3.63, 3.8) is 0 Å². The monoisotopic (exact) mass is 1290 g/mol. The summed E-state index contributed by atoms with van der Waals surface area (Å²) in [6, 6.07) is -0.988. The largest absolute Gasteiger partial charge is 0.394 e. The number of aliphatic hydroxyl groups excluding tert-OH is 11. The van der Waals surface area contributed by atoms with E-state index >= 15 is 0 Å². The van der Waals surface area contributed by atoms with Gasteiger partial charge in [0.05, 0.1) is 38.6 Å². The topological polar surface area (TPSA) is 307 Å². The van der Waals surface area contributed by atoms with E-state index in [0.717, 1.165) is 70.6 Å². The number of nitrogens with one attached hydrogen (secondary N) is 1. The molecular formula is C72H125NO18. The molecule has 17 unspecified atom stereocenters. The molecule has 19 heteroatoms. The van der Waals surface area contributed by atoms with Crippen LogP contribution in [0.25, 0.3) is 0 Å². The molecule has 3 saturated heterocycles. The van der Waals surface area contributed by atoms with Crippen molar-refractivity contribution >= 4 is 5.91 Å². The molecule has 19 nitrogen and oxygen atoms in total. The number of aliphatic hydroxyl groups is 11. The predicted molar refractivity (Wildman–Crippen MR) is 355 cm³/mol. The lowest BCUT2D eigenvalue weighted by atomic mass is 9.96. The molecule has 17 atom stereocenters. The fraction of sp³-hybridized carbons (Fsp3) is 0.792. The van der Waals surface area contributed by atoms with Crippen LogP contribution in [0, 0.1) is 0 Å². The first-order chi connectivity index (χ1) is 44.3. The third-order valence-corrected chi connectivity index (χ3v) is 17.2. The van der Waals surface area contributed by atoms with E-state index in [2.05, 4.69) is 92.1 Å². The van der Waals surface area contributed by atoms with Gasteiger partial charge in [-0.2, -0.15) is 0 Å². The van der Waals surface area contributed by atoms with Crippen LogP contribution in [0.2, 0.25) is 0 Å². The van der Waals surface area contributed by atoms with Crippen molar-refractivity contribution in [3.05, 3.63) is 85.1 Å². The quantitative estimate of drug-likeness (QED) is 0.0199. The van der Waals surface area contributed by atoms with Gasteiger partial charge in [-0.25, -0.2) is 0 Å². The summed E-state index contributed by atoms with van der Waals surface area (Å²) < 4.78 is 34.2. The molecule has 12 N–H and O–H groups in total. The maximum absolute atomic E-state index is 13.3. The fourth-order valence-electron chi connectivity index (χ4n) is 11.5. The minimum atomic E-state index is -1.98. The van der Waals surface area contributed by atoms with Crippen molar-refractivity contribution in [2.24, 2.45) is 0 Å². The molecule has 0 aromatic carbocycles. The zero-order valence-electron chi connectivity index (χ0n) is 55.5. The first-order valence-corrected chi connectivity index (χ1v) is 35.3. The van der Waals surface area contributed by atoms with Gasteiger partial charge in [0.2, 0.25) is 5.91 Å². The Kier molecular flexibility index (Phi) is 48.0. The van der Waals surface area contributed by atoms with E-state index in [0.29, 0.717) is 12.8 Å². The Labute approximate surface area is 546 Å². The Morgan fingerprint density at radius 2 is 0.769 bits per heavy atom. The Morgan fingerprint density at radius 1 is 0.407 bits per heavy atom. The molecule has 3 fully saturated rings. The third-order valence-electron chi connectivity index (χ3n) is 17.2. The Morgan fingerprint density at radius 3 is 1.22 bits per heavy atom. The number of allylic oxidation sites excluding steroid dienone is 13. The second-order valence-electron chi connectivity index (χ2n) is 25.0. The van der Waals surface area contributed by atoms with Gasteiger partial charge >= 0.3 is 0 Å². The van der Waals surface area contributed by atoms with Crippen LogP contribution in [0.3, 0.4) is 0 Å². The predicted octanol–water partition coefficient (Wildman–Crippen LogP) is 9.49. The van der Waals surface area contributed by atoms with Gasteiger partial charge in [0.15, 0.2) is 18.9 Å². The number of carbonyl (C=O) groups is 1. The highest BCUT2D eigenvalue weighted by molar-refractivity contribution is 5.76. The van der Waals surface area contributed by atoms with Crippen LogP contribution in [0.5, 0.6) is 0 Å². The van der Waals surface area contributed by atoms with Crippen LogP contribution in [0.4, 0.5) is 0 Å². The lowest BCUT2D eigenvalue weighted by Crippen LogP contribution is -2.66. The number of hydrogen-bond donors (Lipinski definition) is 12. The molecule has 0 aliphatic carbocycles. The van der Waals surface area contributed by atoms with E-state index in [1.165, 1.54) is 128 Å². The molecule has 0 radical (unpaired) electrons. The summed E-state index contributed by atoms with van der Waals surface area (Å²) in [5.41, 5.74) is 0. The number of rotatable bonds is 53. The molecule has 3 aliphatic heterocycles. The average molecular weight is 1290 g/mol. The highest BCUT2D eigenvalue weighted by Crippen LogP contribution is 2.33. The molecule has 3 aliphatic rings. The van der Waals surface area contributed by atoms with Gasteiger partial charge in [-0.15, -0.1) is 0 Å². The molecular weight excluding hydrogens is 1170 g/mol. The second-order valence-corrected chi connectivity index (χ2v) is 25.0. The molecule has 0 bridgehead atoms. The molecule has 0 spiro atoms. The van der Waals surface area contributed by atoms with Crippen molar-refractivity contribution < 1.29 is 89.4 Å². The SMILES string of the molecule is CC/C=C\C/C=C\C/C=C\C/C=C\C/C=C\CCCCCCCCCCCCCCCCCCCCCCCCCC(=O)NC(COC1OC(CO)C(OC2OC(CO)C(OC3OC(CO)C(O)C(O)C3O)C(O)C2O)C(O)C1O)C(O)/C=C/CC/C=C/CCC. The van der Waals surface area contributed by atoms with Gasteiger partial charge in [-0.05, 0) is 70.6 Å². The summed E-state index contributed by atoms with van der Waals surface area (Å²) in [6.07, 6.45) is 42.3. The third kappa shape index (κ3) is 35.0. The zero-order valence-corrected chi connectivity index (χ0v) is 55.5. The average Bonchev–Trinajstić information content (AvgIpc) is 1.40. The van der Waals surface area contributed by atoms with Crippen LogP contribution >= 0.6 is 0 Å². The van der Waals surface area contributed by atoms with E-state index < -0.39 is 124 Å². The van der Waals surface area contributed by atoms with Crippen LogP contribution in [0.1, 0.15) is 232 Å². The number of unbranched alkanes of at least 4 members (excludes halogenated alkanes) is 25. The van der Waals surface area contributed by atoms with E-state index in [9.17, 15) is 61.0 Å². The minimum Gasteiger partial charge on any atom is -0.394 e. The first kappa shape index (κ1) is 82.2. The molecule has 526 valence electrons. The highest BCUT2D eigenvalue weighted by Gasteiger charge is 2.53. The Hall–Kier alpha value is -3.03. The molecule has 0 aromatic heterocycles. The number of ether oxygens (including phenoxy) is 6. The fourth-order valence-corrected chi connectivity index (χ4v) is 11.5. The molecule has 1 amide bonds. The van der Waals surface area contributed by atoms with E-state index in [4.69, 9.17) is 28.4 Å². The molecule has 91 heavy (non-hydrogen) atoms. The van der Waals surface area contributed by atoms with E-state index in [-0.39, 0.29) is 18.9 Å². The summed E-state index contributed by atoms with van der Waals surface area (Å²) >= 11 is 0. The zero-order chi connectivity index (χ0) is 66.1. The van der Waals surface area contributed by atoms with Crippen molar-refractivity contribution in [1.29, 1.82) is 0 Å². The van der Waals surface area contributed by atoms with Crippen molar-refractivity contribution in [1.82, 2.24) is 5.32 Å². The molecule has 3 rings (SSSR count). The number of amides is 1. The van der Waals surface area contributed by atoms with Gasteiger partial charge in [-0.3, -0.25) is 4.79 Å². The maximum Gasteiger partial charge on any atom is 0.220 e. The summed E-state index contributed by atoms with van der Waals surface area (Å²) in [5, 5.41) is 120. The van der Waals surface area contributed by atoms with E-state index in [1.54, 1.807) is 6.08 Å². The summed E-state index contributed by atoms with van der Waals surface area (Å²) in [4.78, 5) is 13.3. The summed E-state index contributed by atoms with van der Waals surface area (Å²) in [7, 11) is 0.